The van der Waals surface area contributed by atoms with E-state index in [1.807, 2.05) is 6.07 Å². The first kappa shape index (κ1) is 17.8. The third-order valence-corrected chi connectivity index (χ3v) is 3.57. The van der Waals surface area contributed by atoms with Crippen LogP contribution in [0.1, 0.15) is 17.5 Å². The van der Waals surface area contributed by atoms with Gasteiger partial charge in [-0.25, -0.2) is 0 Å². The van der Waals surface area contributed by atoms with Gasteiger partial charge in [0.25, 0.3) is 5.91 Å². The molecular formula is C17H14ClF2N3O. The van der Waals surface area contributed by atoms with Crippen LogP contribution in [0, 0.1) is 11.3 Å². The molecule has 0 spiro atoms. The molecule has 0 unspecified atom stereocenters. The second-order valence-corrected chi connectivity index (χ2v) is 5.52. The fourth-order valence-electron chi connectivity index (χ4n) is 2.16. The summed E-state index contributed by atoms with van der Waals surface area (Å²) in [5, 5.41) is 8.84. The molecule has 1 heterocycles. The van der Waals surface area contributed by atoms with Gasteiger partial charge in [0.1, 0.15) is 0 Å². The van der Waals surface area contributed by atoms with Gasteiger partial charge in [-0.1, -0.05) is 29.8 Å². The molecule has 0 aliphatic carbocycles. The van der Waals surface area contributed by atoms with Crippen molar-refractivity contribution in [3.05, 3.63) is 64.9 Å². The first-order chi connectivity index (χ1) is 11.4. The van der Waals surface area contributed by atoms with E-state index in [9.17, 15) is 13.6 Å². The van der Waals surface area contributed by atoms with Gasteiger partial charge in [0.15, 0.2) is 0 Å². The number of nitrogens with zero attached hydrogens (tertiary/aromatic N) is 3. The smallest absolute Gasteiger partial charge is 0.332 e. The summed E-state index contributed by atoms with van der Waals surface area (Å²) in [4.78, 5) is 17.3. The Kier molecular flexibility index (Phi) is 5.83. The van der Waals surface area contributed by atoms with E-state index in [1.54, 1.807) is 18.3 Å². The number of rotatable bonds is 6. The van der Waals surface area contributed by atoms with Crippen LogP contribution in [-0.2, 0) is 17.3 Å². The van der Waals surface area contributed by atoms with Crippen molar-refractivity contribution in [2.24, 2.45) is 0 Å². The molecule has 2 aromatic rings. The number of pyridine rings is 1. The van der Waals surface area contributed by atoms with Crippen molar-refractivity contribution in [1.82, 2.24) is 9.88 Å². The maximum Gasteiger partial charge on any atom is 0.350 e. The highest BCUT2D eigenvalue weighted by Crippen LogP contribution is 2.32. The van der Waals surface area contributed by atoms with Crippen molar-refractivity contribution in [1.29, 1.82) is 5.26 Å². The van der Waals surface area contributed by atoms with Crippen molar-refractivity contribution < 1.29 is 13.6 Å². The Bertz CT molecular complexity index is 747. The highest BCUT2D eigenvalue weighted by atomic mass is 35.5. The summed E-state index contributed by atoms with van der Waals surface area (Å²) in [5.74, 6) is -5.10. The Morgan fingerprint density at radius 2 is 2.12 bits per heavy atom. The highest BCUT2D eigenvalue weighted by molar-refractivity contribution is 6.30. The third kappa shape index (κ3) is 4.27. The Labute approximate surface area is 143 Å². The van der Waals surface area contributed by atoms with Crippen LogP contribution in [0.15, 0.2) is 48.8 Å². The zero-order valence-electron chi connectivity index (χ0n) is 12.6. The van der Waals surface area contributed by atoms with Gasteiger partial charge in [-0.3, -0.25) is 9.78 Å². The summed E-state index contributed by atoms with van der Waals surface area (Å²) in [5.41, 5.74) is 0.124. The minimum Gasteiger partial charge on any atom is -0.332 e. The lowest BCUT2D eigenvalue weighted by atomic mass is 10.1. The van der Waals surface area contributed by atoms with E-state index in [0.717, 1.165) is 17.0 Å². The lowest BCUT2D eigenvalue weighted by Gasteiger charge is -2.26. The average Bonchev–Trinajstić information content (AvgIpc) is 2.59. The molecule has 2 rings (SSSR count). The highest BCUT2D eigenvalue weighted by Gasteiger charge is 2.43. The molecule has 0 N–H and O–H groups in total. The molecule has 124 valence electrons. The normalized spacial score (nSPS) is 10.9. The van der Waals surface area contributed by atoms with Crippen molar-refractivity contribution in [3.63, 3.8) is 0 Å². The second kappa shape index (κ2) is 7.84. The minimum atomic E-state index is -3.73. The molecular weight excluding hydrogens is 336 g/mol. The number of aromatic nitrogens is 1. The molecule has 0 saturated heterocycles. The van der Waals surface area contributed by atoms with Gasteiger partial charge in [-0.15, -0.1) is 0 Å². The van der Waals surface area contributed by atoms with E-state index in [0.29, 0.717) is 5.56 Å². The van der Waals surface area contributed by atoms with E-state index in [2.05, 4.69) is 4.98 Å². The molecule has 0 radical (unpaired) electrons. The first-order valence-corrected chi connectivity index (χ1v) is 7.52. The summed E-state index contributed by atoms with van der Waals surface area (Å²) < 4.78 is 29.1. The third-order valence-electron chi connectivity index (χ3n) is 3.33. The quantitative estimate of drug-likeness (QED) is 0.797. The fraction of sp³-hybridized carbons (Fsp3) is 0.235. The number of carbonyl (C=O) groups excluding carboxylic acids is 1. The summed E-state index contributed by atoms with van der Waals surface area (Å²) in [6, 6.07) is 10.2. The van der Waals surface area contributed by atoms with Crippen LogP contribution in [-0.4, -0.2) is 22.3 Å². The van der Waals surface area contributed by atoms with Crippen LogP contribution >= 0.6 is 11.6 Å². The molecule has 1 aromatic carbocycles. The number of hydrogen-bond acceptors (Lipinski definition) is 3. The van der Waals surface area contributed by atoms with Crippen LogP contribution < -0.4 is 0 Å². The average molecular weight is 350 g/mol. The molecule has 7 heteroatoms. The Hall–Kier alpha value is -2.52. The number of carbonyl (C=O) groups is 1. The van der Waals surface area contributed by atoms with E-state index in [-0.39, 0.29) is 24.5 Å². The number of halogens is 3. The van der Waals surface area contributed by atoms with Crippen LogP contribution in [0.4, 0.5) is 8.78 Å². The Morgan fingerprint density at radius 1 is 1.33 bits per heavy atom. The number of nitriles is 1. The van der Waals surface area contributed by atoms with Crippen molar-refractivity contribution in [3.8, 4) is 6.07 Å². The lowest BCUT2D eigenvalue weighted by molar-refractivity contribution is -0.159. The van der Waals surface area contributed by atoms with Gasteiger partial charge in [0.05, 0.1) is 12.5 Å². The predicted octanol–water partition coefficient (Wildman–Crippen LogP) is 3.77. The molecule has 24 heavy (non-hydrogen) atoms. The van der Waals surface area contributed by atoms with Crippen LogP contribution in [0.3, 0.4) is 0 Å². The lowest BCUT2D eigenvalue weighted by Crippen LogP contribution is -2.42. The van der Waals surface area contributed by atoms with Crippen molar-refractivity contribution in [2.45, 2.75) is 18.9 Å². The van der Waals surface area contributed by atoms with Crippen LogP contribution in [0.5, 0.6) is 0 Å². The van der Waals surface area contributed by atoms with Gasteiger partial charge in [-0.2, -0.15) is 14.0 Å². The molecule has 0 saturated carbocycles. The molecule has 0 aliphatic heterocycles. The van der Waals surface area contributed by atoms with Gasteiger partial charge >= 0.3 is 5.92 Å². The Morgan fingerprint density at radius 3 is 2.75 bits per heavy atom. The molecule has 0 bridgehead atoms. The van der Waals surface area contributed by atoms with Crippen molar-refractivity contribution >= 4 is 17.5 Å². The van der Waals surface area contributed by atoms with E-state index in [1.165, 1.54) is 18.3 Å². The Balaban J connectivity index is 2.27. The number of benzene rings is 1. The van der Waals surface area contributed by atoms with Gasteiger partial charge in [-0.05, 0) is 23.8 Å². The molecule has 1 aromatic heterocycles. The number of hydrogen-bond donors (Lipinski definition) is 0. The predicted molar refractivity (Wildman–Crippen MR) is 85.2 cm³/mol. The van der Waals surface area contributed by atoms with Gasteiger partial charge in [0.2, 0.25) is 0 Å². The summed E-state index contributed by atoms with van der Waals surface area (Å²) in [6.07, 6.45) is 2.99. The summed E-state index contributed by atoms with van der Waals surface area (Å²) >= 11 is 5.74. The summed E-state index contributed by atoms with van der Waals surface area (Å²) in [7, 11) is 0. The molecule has 0 fully saturated rings. The minimum absolute atomic E-state index is 0.0440. The maximum absolute atomic E-state index is 14.6. The van der Waals surface area contributed by atoms with Crippen molar-refractivity contribution in [2.75, 3.05) is 6.54 Å². The molecule has 0 aliphatic rings. The van der Waals surface area contributed by atoms with Gasteiger partial charge in [0, 0.05) is 36.1 Å². The van der Waals surface area contributed by atoms with Crippen LogP contribution in [0.25, 0.3) is 0 Å². The first-order valence-electron chi connectivity index (χ1n) is 7.14. The summed E-state index contributed by atoms with van der Waals surface area (Å²) in [6.45, 7) is -0.148. The topological polar surface area (TPSA) is 57.0 Å². The second-order valence-electron chi connectivity index (χ2n) is 5.08. The monoisotopic (exact) mass is 349 g/mol. The zero-order valence-corrected chi connectivity index (χ0v) is 13.4. The molecule has 0 atom stereocenters. The van der Waals surface area contributed by atoms with E-state index < -0.39 is 17.4 Å². The standard InChI is InChI=1S/C17H14ClF2N3O/c18-15-6-1-5-14(10-15)17(19,20)16(24)23(9-3-7-21)12-13-4-2-8-22-11-13/h1-2,4-6,8,10-11H,3,9,12H2. The van der Waals surface area contributed by atoms with E-state index >= 15 is 0 Å². The largest absolute Gasteiger partial charge is 0.350 e. The van der Waals surface area contributed by atoms with Crippen LogP contribution in [0.2, 0.25) is 5.02 Å². The fourth-order valence-corrected chi connectivity index (χ4v) is 2.35. The van der Waals surface area contributed by atoms with E-state index in [4.69, 9.17) is 16.9 Å². The van der Waals surface area contributed by atoms with Gasteiger partial charge < -0.3 is 4.90 Å². The zero-order chi connectivity index (χ0) is 17.6. The SMILES string of the molecule is N#CCCN(Cc1cccnc1)C(=O)C(F)(F)c1cccc(Cl)c1. The molecule has 1 amide bonds. The number of alkyl halides is 2. The molecule has 4 nitrogen and oxygen atoms in total. The number of amides is 1. The maximum atomic E-state index is 14.6.